The van der Waals surface area contributed by atoms with Gasteiger partial charge in [0.05, 0.1) is 28.0 Å². The molecule has 6 N–H and O–H groups in total. The average Bonchev–Trinajstić information content (AvgIpc) is 3.13. The van der Waals surface area contributed by atoms with Crippen molar-refractivity contribution in [2.45, 2.75) is 44.9 Å². The first-order valence-electron chi connectivity index (χ1n) is 17.3. The number of nitrogens with zero attached hydrogens (tertiary/aromatic N) is 1. The van der Waals surface area contributed by atoms with Crippen molar-refractivity contribution in [2.24, 2.45) is 0 Å². The molecular formula is C40H42ClN5O6. The highest BCUT2D eigenvalue weighted by Crippen LogP contribution is 2.31. The van der Waals surface area contributed by atoms with E-state index in [4.69, 9.17) is 16.3 Å². The van der Waals surface area contributed by atoms with E-state index in [1.54, 1.807) is 18.2 Å². The van der Waals surface area contributed by atoms with E-state index in [0.717, 1.165) is 22.3 Å². The Labute approximate surface area is 306 Å². The minimum atomic E-state index is -0.893. The first kappa shape index (κ1) is 36.6. The second-order valence-corrected chi connectivity index (χ2v) is 13.4. The van der Waals surface area contributed by atoms with Gasteiger partial charge >= 0.3 is 6.09 Å². The third-order valence-corrected chi connectivity index (χ3v) is 9.55. The summed E-state index contributed by atoms with van der Waals surface area (Å²) in [6.07, 6.45) is 0.0779. The molecule has 0 aliphatic carbocycles. The summed E-state index contributed by atoms with van der Waals surface area (Å²) in [6.45, 7) is 4.51. The molecule has 0 saturated carbocycles. The number of carbonyl (C=O) groups excluding carboxylic acids is 2. The third kappa shape index (κ3) is 9.17. The lowest BCUT2D eigenvalue weighted by Crippen LogP contribution is -2.39. The molecule has 0 bridgehead atoms. The van der Waals surface area contributed by atoms with E-state index < -0.39 is 12.2 Å². The van der Waals surface area contributed by atoms with Gasteiger partial charge in [-0.3, -0.25) is 14.9 Å². The number of fused-ring (bicyclic) bond motifs is 1. The van der Waals surface area contributed by atoms with Crippen molar-refractivity contribution in [2.75, 3.05) is 36.8 Å². The molecule has 4 aromatic carbocycles. The quantitative estimate of drug-likeness (QED) is 0.0828. The summed E-state index contributed by atoms with van der Waals surface area (Å²) in [7, 11) is 0. The molecule has 1 aliphatic heterocycles. The average molecular weight is 724 g/mol. The van der Waals surface area contributed by atoms with Gasteiger partial charge in [0.15, 0.2) is 0 Å². The van der Waals surface area contributed by atoms with Gasteiger partial charge in [-0.1, -0.05) is 72.3 Å². The number of piperidine rings is 1. The molecule has 12 heteroatoms. The van der Waals surface area contributed by atoms with Crippen LogP contribution in [-0.4, -0.2) is 64.4 Å². The number of H-pyrrole nitrogens is 1. The molecule has 2 heterocycles. The lowest BCUT2D eigenvalue weighted by Gasteiger charge is -2.31. The summed E-state index contributed by atoms with van der Waals surface area (Å²) >= 11 is 6.60. The van der Waals surface area contributed by atoms with Crippen LogP contribution in [0.15, 0.2) is 95.8 Å². The minimum Gasteiger partial charge on any atom is -0.506 e. The number of para-hydroxylation sites is 1. The number of amides is 2. The van der Waals surface area contributed by atoms with E-state index in [2.05, 4.69) is 25.8 Å². The van der Waals surface area contributed by atoms with Gasteiger partial charge in [-0.2, -0.15) is 0 Å². The summed E-state index contributed by atoms with van der Waals surface area (Å²) < 4.78 is 5.75. The van der Waals surface area contributed by atoms with Crippen LogP contribution in [-0.2, 0) is 16.1 Å². The van der Waals surface area contributed by atoms with Gasteiger partial charge in [-0.05, 0) is 66.3 Å². The number of aromatic hydroxyl groups is 1. The fourth-order valence-electron chi connectivity index (χ4n) is 6.55. The molecule has 0 radical (unpaired) electrons. The van der Waals surface area contributed by atoms with E-state index in [-0.39, 0.29) is 35.4 Å². The van der Waals surface area contributed by atoms with Crippen LogP contribution in [0.5, 0.6) is 5.75 Å². The summed E-state index contributed by atoms with van der Waals surface area (Å²) in [6, 6.07) is 27.2. The fraction of sp³-hybridized carbons (Fsp3) is 0.275. The molecule has 11 nitrogen and oxygen atoms in total. The number of carbonyl (C=O) groups is 2. The second-order valence-electron chi connectivity index (χ2n) is 13.0. The number of pyridine rings is 1. The van der Waals surface area contributed by atoms with Crippen molar-refractivity contribution in [3.8, 4) is 16.9 Å². The van der Waals surface area contributed by atoms with E-state index in [9.17, 15) is 24.6 Å². The Balaban J connectivity index is 0.927. The number of aromatic nitrogens is 1. The Morgan fingerprint density at radius 1 is 0.981 bits per heavy atom. The highest BCUT2D eigenvalue weighted by atomic mass is 35.5. The van der Waals surface area contributed by atoms with Gasteiger partial charge in [-0.25, -0.2) is 4.79 Å². The summed E-state index contributed by atoms with van der Waals surface area (Å²) in [4.78, 5) is 42.2. The Kier molecular flexibility index (Phi) is 11.9. The van der Waals surface area contributed by atoms with Gasteiger partial charge in [0.2, 0.25) is 11.5 Å². The molecule has 2 amide bonds. The lowest BCUT2D eigenvalue weighted by atomic mass is 10.0. The van der Waals surface area contributed by atoms with Crippen molar-refractivity contribution in [1.29, 1.82) is 0 Å². The number of rotatable bonds is 12. The summed E-state index contributed by atoms with van der Waals surface area (Å²) in [5, 5.41) is 31.0. The maximum Gasteiger partial charge on any atom is 0.411 e. The number of aryl methyl sites for hydroxylation is 1. The molecule has 1 fully saturated rings. The van der Waals surface area contributed by atoms with Crippen LogP contribution in [0, 0.1) is 6.92 Å². The van der Waals surface area contributed by atoms with Gasteiger partial charge in [0.1, 0.15) is 11.9 Å². The lowest BCUT2D eigenvalue weighted by molar-refractivity contribution is -0.116. The van der Waals surface area contributed by atoms with Crippen molar-refractivity contribution in [3.05, 3.63) is 123 Å². The number of phenolic OH excluding ortho intramolecular Hbond substituents is 1. The number of aliphatic hydroxyl groups excluding tert-OH is 1. The predicted octanol–water partition coefficient (Wildman–Crippen LogP) is 6.73. The zero-order chi connectivity index (χ0) is 36.6. The molecule has 1 atom stereocenters. The maximum atomic E-state index is 12.9. The number of halogens is 1. The SMILES string of the molecule is Cc1cc(CNC[C@H](O)c2ccc(O)c3[nH]c(=O)ccc23)cc(Cl)c1NC(=O)CCN1CCC(OC(=O)Nc2ccccc2-c2ccccc2)CC1. The van der Waals surface area contributed by atoms with Crippen LogP contribution in [0.25, 0.3) is 22.0 Å². The molecule has 6 rings (SSSR count). The van der Waals surface area contributed by atoms with Crippen molar-refractivity contribution >= 4 is 45.9 Å². The number of nitrogens with one attached hydrogen (secondary N) is 4. The van der Waals surface area contributed by atoms with Gasteiger partial charge in [0.25, 0.3) is 0 Å². The highest BCUT2D eigenvalue weighted by Gasteiger charge is 2.23. The number of anilines is 2. The second kappa shape index (κ2) is 16.9. The van der Waals surface area contributed by atoms with Crippen LogP contribution < -0.4 is 21.5 Å². The first-order valence-corrected chi connectivity index (χ1v) is 17.7. The third-order valence-electron chi connectivity index (χ3n) is 9.26. The molecule has 1 aromatic heterocycles. The topological polar surface area (TPSA) is 156 Å². The first-order chi connectivity index (χ1) is 25.1. The number of ether oxygens (including phenoxy) is 1. The Morgan fingerprint density at radius 2 is 1.73 bits per heavy atom. The number of phenols is 1. The van der Waals surface area contributed by atoms with Crippen LogP contribution in [0.1, 0.15) is 42.1 Å². The van der Waals surface area contributed by atoms with Crippen LogP contribution >= 0.6 is 11.6 Å². The number of aliphatic hydroxyl groups is 1. The number of likely N-dealkylation sites (tertiary alicyclic amines) is 1. The zero-order valence-corrected chi connectivity index (χ0v) is 29.6. The molecule has 1 aliphatic rings. The largest absolute Gasteiger partial charge is 0.506 e. The minimum absolute atomic E-state index is 0.0655. The molecule has 270 valence electrons. The summed E-state index contributed by atoms with van der Waals surface area (Å²) in [5.74, 6) is -0.208. The number of hydrogen-bond donors (Lipinski definition) is 6. The van der Waals surface area contributed by atoms with Crippen LogP contribution in [0.2, 0.25) is 5.02 Å². The van der Waals surface area contributed by atoms with Gasteiger partial charge in [-0.15, -0.1) is 0 Å². The van der Waals surface area contributed by atoms with E-state index in [0.29, 0.717) is 72.8 Å². The molecule has 52 heavy (non-hydrogen) atoms. The molecule has 0 spiro atoms. The normalized spacial score (nSPS) is 14.2. The number of hydrogen-bond acceptors (Lipinski definition) is 8. The Bertz CT molecular complexity index is 2080. The number of benzene rings is 4. The monoisotopic (exact) mass is 723 g/mol. The molecule has 1 saturated heterocycles. The number of aromatic amines is 1. The van der Waals surface area contributed by atoms with Crippen molar-refractivity contribution < 1.29 is 24.5 Å². The maximum absolute atomic E-state index is 12.9. The zero-order valence-electron chi connectivity index (χ0n) is 28.8. The van der Waals surface area contributed by atoms with E-state index >= 15 is 0 Å². The fourth-order valence-corrected chi connectivity index (χ4v) is 6.89. The Morgan fingerprint density at radius 3 is 2.50 bits per heavy atom. The van der Waals surface area contributed by atoms with Crippen molar-refractivity contribution in [3.63, 3.8) is 0 Å². The standard InChI is InChI=1S/C40H42ClN5O6/c1-25-21-26(23-42-24-35(48)30-11-13-34(47)39-31(30)12-14-36(49)45-39)22-32(41)38(25)44-37(50)17-20-46-18-15-28(16-19-46)52-40(51)43-33-10-6-5-9-29(33)27-7-3-2-4-8-27/h2-14,21-22,28,35,42,47-48H,15-20,23-24H2,1H3,(H,43,51)(H,44,50)(H,45,49)/t35-/m0/s1. The van der Waals surface area contributed by atoms with E-state index in [1.807, 2.05) is 67.6 Å². The summed E-state index contributed by atoms with van der Waals surface area (Å²) in [5.41, 5.74) is 5.40. The Hall–Kier alpha value is -5.20. The van der Waals surface area contributed by atoms with E-state index in [1.165, 1.54) is 12.1 Å². The molecule has 5 aromatic rings. The molecular weight excluding hydrogens is 682 g/mol. The van der Waals surface area contributed by atoms with Crippen LogP contribution in [0.3, 0.4) is 0 Å². The van der Waals surface area contributed by atoms with Crippen molar-refractivity contribution in [1.82, 2.24) is 15.2 Å². The van der Waals surface area contributed by atoms with Crippen LogP contribution in [0.4, 0.5) is 16.2 Å². The molecule has 0 unspecified atom stereocenters. The predicted molar refractivity (Wildman–Crippen MR) is 204 cm³/mol. The van der Waals surface area contributed by atoms with Gasteiger partial charge < -0.3 is 35.5 Å². The highest BCUT2D eigenvalue weighted by molar-refractivity contribution is 6.34. The van der Waals surface area contributed by atoms with Gasteiger partial charge in [0, 0.05) is 56.2 Å². The smallest absolute Gasteiger partial charge is 0.411 e.